The van der Waals surface area contributed by atoms with Crippen molar-refractivity contribution in [2.45, 2.75) is 45.2 Å². The number of ether oxygens (including phenoxy) is 1. The summed E-state index contributed by atoms with van der Waals surface area (Å²) in [5.74, 6) is 0. The van der Waals surface area contributed by atoms with E-state index in [4.69, 9.17) is 4.74 Å². The van der Waals surface area contributed by atoms with Gasteiger partial charge in [-0.2, -0.15) is 0 Å². The molecule has 3 nitrogen and oxygen atoms in total. The Morgan fingerprint density at radius 1 is 1.25 bits per heavy atom. The molecule has 0 amide bonds. The first-order chi connectivity index (χ1) is 7.59. The fourth-order valence-electron chi connectivity index (χ4n) is 3.27. The molecule has 0 aromatic rings. The normalized spacial score (nSPS) is 31.7. The molecule has 1 N–H and O–H groups in total. The molecular formula is C13H26N2O. The Hall–Kier alpha value is -0.120. The van der Waals surface area contributed by atoms with Crippen LogP contribution in [-0.2, 0) is 4.74 Å². The summed E-state index contributed by atoms with van der Waals surface area (Å²) in [6.45, 7) is 9.07. The molecule has 0 aromatic carbocycles. The van der Waals surface area contributed by atoms with Gasteiger partial charge in [-0.05, 0) is 12.8 Å². The summed E-state index contributed by atoms with van der Waals surface area (Å²) in [4.78, 5) is 2.63. The summed E-state index contributed by atoms with van der Waals surface area (Å²) in [6, 6.07) is 1.48. The maximum atomic E-state index is 5.30. The minimum Gasteiger partial charge on any atom is -0.384 e. The lowest BCUT2D eigenvalue weighted by Gasteiger charge is -2.44. The predicted octanol–water partition coefficient (Wildman–Crippen LogP) is 1.49. The first-order valence-corrected chi connectivity index (χ1v) is 6.56. The third-order valence-corrected chi connectivity index (χ3v) is 3.72. The van der Waals surface area contributed by atoms with Crippen LogP contribution in [0.2, 0.25) is 0 Å². The zero-order valence-electron chi connectivity index (χ0n) is 11.0. The Balaban J connectivity index is 1.86. The molecule has 0 radical (unpaired) electrons. The molecule has 2 bridgehead atoms. The molecule has 2 rings (SSSR count). The van der Waals surface area contributed by atoms with E-state index in [1.807, 2.05) is 0 Å². The van der Waals surface area contributed by atoms with E-state index in [2.05, 4.69) is 24.1 Å². The van der Waals surface area contributed by atoms with Gasteiger partial charge < -0.3 is 10.1 Å². The number of piperazine rings is 1. The molecule has 0 saturated carbocycles. The summed E-state index contributed by atoms with van der Waals surface area (Å²) in [5.41, 5.74) is 0.278. The van der Waals surface area contributed by atoms with Crippen LogP contribution in [-0.4, -0.2) is 50.3 Å². The van der Waals surface area contributed by atoms with E-state index in [-0.39, 0.29) is 5.41 Å². The molecule has 2 aliphatic rings. The largest absolute Gasteiger partial charge is 0.384 e. The lowest BCUT2D eigenvalue weighted by atomic mass is 9.90. The SMILES string of the molecule is COCC(C)(C)CN1CC2CCCC(C1)N2. The van der Waals surface area contributed by atoms with Crippen LogP contribution in [0.5, 0.6) is 0 Å². The van der Waals surface area contributed by atoms with Crippen molar-refractivity contribution in [3.8, 4) is 0 Å². The molecule has 94 valence electrons. The van der Waals surface area contributed by atoms with E-state index in [9.17, 15) is 0 Å². The monoisotopic (exact) mass is 226 g/mol. The van der Waals surface area contributed by atoms with Gasteiger partial charge in [0.2, 0.25) is 0 Å². The van der Waals surface area contributed by atoms with E-state index in [0.717, 1.165) is 25.2 Å². The average molecular weight is 226 g/mol. The molecule has 2 heterocycles. The Morgan fingerprint density at radius 3 is 2.44 bits per heavy atom. The van der Waals surface area contributed by atoms with Gasteiger partial charge in [0, 0.05) is 44.2 Å². The standard InChI is InChI=1S/C13H26N2O/c1-13(2,10-16-3)9-15-7-11-5-4-6-12(8-15)14-11/h11-12,14H,4-10H2,1-3H3. The Labute approximate surface area is 99.5 Å². The van der Waals surface area contributed by atoms with Crippen LogP contribution in [0.4, 0.5) is 0 Å². The topological polar surface area (TPSA) is 24.5 Å². The van der Waals surface area contributed by atoms with Gasteiger partial charge in [-0.3, -0.25) is 4.90 Å². The first kappa shape index (κ1) is 12.3. The highest BCUT2D eigenvalue weighted by Crippen LogP contribution is 2.23. The Bertz CT molecular complexity index is 218. The fourth-order valence-corrected chi connectivity index (χ4v) is 3.27. The number of methoxy groups -OCH3 is 1. The minimum absolute atomic E-state index is 0.278. The zero-order valence-corrected chi connectivity index (χ0v) is 11.0. The summed E-state index contributed by atoms with van der Waals surface area (Å²) in [7, 11) is 1.80. The molecular weight excluding hydrogens is 200 g/mol. The number of rotatable bonds is 4. The van der Waals surface area contributed by atoms with Gasteiger partial charge in [-0.25, -0.2) is 0 Å². The van der Waals surface area contributed by atoms with Crippen molar-refractivity contribution in [3.63, 3.8) is 0 Å². The summed E-state index contributed by atoms with van der Waals surface area (Å²) in [6.07, 6.45) is 4.13. The van der Waals surface area contributed by atoms with Crippen LogP contribution in [0.15, 0.2) is 0 Å². The van der Waals surface area contributed by atoms with Gasteiger partial charge >= 0.3 is 0 Å². The van der Waals surface area contributed by atoms with E-state index in [1.54, 1.807) is 7.11 Å². The second-order valence-corrected chi connectivity index (χ2v) is 6.28. The van der Waals surface area contributed by atoms with Gasteiger partial charge in [-0.1, -0.05) is 20.3 Å². The molecule has 2 saturated heterocycles. The van der Waals surface area contributed by atoms with E-state index < -0.39 is 0 Å². The highest BCUT2D eigenvalue weighted by atomic mass is 16.5. The predicted molar refractivity (Wildman–Crippen MR) is 66.7 cm³/mol. The van der Waals surface area contributed by atoms with Crippen molar-refractivity contribution in [2.24, 2.45) is 5.41 Å². The summed E-state index contributed by atoms with van der Waals surface area (Å²) < 4.78 is 5.30. The van der Waals surface area contributed by atoms with Crippen LogP contribution in [0, 0.1) is 5.41 Å². The van der Waals surface area contributed by atoms with Crippen molar-refractivity contribution in [2.75, 3.05) is 33.4 Å². The molecule has 2 fully saturated rings. The van der Waals surface area contributed by atoms with Crippen molar-refractivity contribution >= 4 is 0 Å². The maximum absolute atomic E-state index is 5.30. The average Bonchev–Trinajstić information content (AvgIpc) is 2.15. The van der Waals surface area contributed by atoms with Crippen LogP contribution in [0.1, 0.15) is 33.1 Å². The van der Waals surface area contributed by atoms with E-state index >= 15 is 0 Å². The van der Waals surface area contributed by atoms with E-state index in [1.165, 1.54) is 32.4 Å². The Kier molecular flexibility index (Phi) is 3.88. The number of fused-ring (bicyclic) bond motifs is 2. The zero-order chi connectivity index (χ0) is 11.6. The smallest absolute Gasteiger partial charge is 0.0525 e. The molecule has 0 aromatic heterocycles. The number of nitrogens with one attached hydrogen (secondary N) is 1. The molecule has 2 unspecified atom stereocenters. The molecule has 3 heteroatoms. The van der Waals surface area contributed by atoms with Gasteiger partial charge in [0.1, 0.15) is 0 Å². The van der Waals surface area contributed by atoms with Crippen molar-refractivity contribution in [3.05, 3.63) is 0 Å². The molecule has 2 atom stereocenters. The molecule has 0 spiro atoms. The maximum Gasteiger partial charge on any atom is 0.0525 e. The van der Waals surface area contributed by atoms with Crippen LogP contribution in [0.3, 0.4) is 0 Å². The van der Waals surface area contributed by atoms with Crippen LogP contribution < -0.4 is 5.32 Å². The third kappa shape index (κ3) is 3.19. The third-order valence-electron chi connectivity index (χ3n) is 3.72. The Morgan fingerprint density at radius 2 is 1.88 bits per heavy atom. The van der Waals surface area contributed by atoms with Crippen molar-refractivity contribution < 1.29 is 4.74 Å². The quantitative estimate of drug-likeness (QED) is 0.786. The van der Waals surface area contributed by atoms with E-state index in [0.29, 0.717) is 0 Å². The summed E-state index contributed by atoms with van der Waals surface area (Å²) >= 11 is 0. The highest BCUT2D eigenvalue weighted by Gasteiger charge is 2.32. The van der Waals surface area contributed by atoms with Gasteiger partial charge in [0.05, 0.1) is 6.61 Å². The van der Waals surface area contributed by atoms with Crippen molar-refractivity contribution in [1.82, 2.24) is 10.2 Å². The lowest BCUT2D eigenvalue weighted by Crippen LogP contribution is -2.60. The van der Waals surface area contributed by atoms with Crippen molar-refractivity contribution in [1.29, 1.82) is 0 Å². The first-order valence-electron chi connectivity index (χ1n) is 6.56. The minimum atomic E-state index is 0.278. The van der Waals surface area contributed by atoms with Gasteiger partial charge in [-0.15, -0.1) is 0 Å². The molecule has 0 aliphatic carbocycles. The number of hydrogen-bond donors (Lipinski definition) is 1. The van der Waals surface area contributed by atoms with Crippen LogP contribution in [0.25, 0.3) is 0 Å². The van der Waals surface area contributed by atoms with Gasteiger partial charge in [0.25, 0.3) is 0 Å². The number of piperidine rings is 1. The van der Waals surface area contributed by atoms with Gasteiger partial charge in [0.15, 0.2) is 0 Å². The lowest BCUT2D eigenvalue weighted by molar-refractivity contribution is 0.0423. The summed E-state index contributed by atoms with van der Waals surface area (Å²) in [5, 5.41) is 3.73. The fraction of sp³-hybridized carbons (Fsp3) is 1.00. The highest BCUT2D eigenvalue weighted by molar-refractivity contribution is 4.91. The molecule has 16 heavy (non-hydrogen) atoms. The molecule has 2 aliphatic heterocycles. The number of nitrogens with zero attached hydrogens (tertiary/aromatic N) is 1. The second kappa shape index (κ2) is 5.03. The second-order valence-electron chi connectivity index (χ2n) is 6.28. The number of hydrogen-bond acceptors (Lipinski definition) is 3. The number of likely N-dealkylation sites (tertiary alicyclic amines) is 1. The van der Waals surface area contributed by atoms with Crippen LogP contribution >= 0.6 is 0 Å².